The number of carbonyl (C=O) groups excluding carboxylic acids is 3. The number of benzene rings is 1. The van der Waals surface area contributed by atoms with E-state index in [-0.39, 0.29) is 39.8 Å². The zero-order valence-corrected chi connectivity index (χ0v) is 25.4. The second kappa shape index (κ2) is 11.2. The Balaban J connectivity index is 1.30. The van der Waals surface area contributed by atoms with Crippen LogP contribution in [0.5, 0.6) is 0 Å². The molecule has 3 amide bonds. The van der Waals surface area contributed by atoms with Gasteiger partial charge in [-0.05, 0) is 49.3 Å². The zero-order chi connectivity index (χ0) is 30.6. The topological polar surface area (TPSA) is 168 Å². The minimum Gasteiger partial charge on any atom is -0.340 e. The number of rotatable bonds is 7. The Hall–Kier alpha value is -2.45. The highest BCUT2D eigenvalue weighted by molar-refractivity contribution is 7.91. The van der Waals surface area contributed by atoms with Crippen molar-refractivity contribution in [2.45, 2.75) is 62.3 Å². The number of hydrogen-bond acceptors (Lipinski definition) is 7. The van der Waals surface area contributed by atoms with Gasteiger partial charge in [-0.25, -0.2) is 0 Å². The molecule has 3 saturated heterocycles. The SMILES string of the molecule is CS(=N)(=O)CC1CN(C(=O)[C@@H]2CC[C@@H]3CCCC[C@H](NC(=O)c4cc5cc(C(F)(F)P(=O)(O)O)ccc5s4)C(=O)N32)C1. The first kappa shape index (κ1) is 31.0. The number of thiophene rings is 1. The van der Waals surface area contributed by atoms with Gasteiger partial charge in [0.2, 0.25) is 11.8 Å². The first-order chi connectivity index (χ1) is 19.5. The number of nitrogens with one attached hydrogen (secondary N) is 2. The first-order valence-corrected chi connectivity index (χ1v) is 18.2. The molecule has 0 spiro atoms. The van der Waals surface area contributed by atoms with E-state index >= 15 is 0 Å². The summed E-state index contributed by atoms with van der Waals surface area (Å²) in [6.07, 6.45) is 5.22. The van der Waals surface area contributed by atoms with Crippen molar-refractivity contribution in [3.63, 3.8) is 0 Å². The van der Waals surface area contributed by atoms with E-state index in [2.05, 4.69) is 5.32 Å². The van der Waals surface area contributed by atoms with Gasteiger partial charge in [0.05, 0.1) is 4.88 Å². The van der Waals surface area contributed by atoms with Gasteiger partial charge in [-0.2, -0.15) is 8.78 Å². The standard InChI is InChI=1S/C26H33F2N4O7PS2/c1-42(29,39)14-15-12-31(13-15)25(35)20-8-7-18-4-2-3-5-19(24(34)32(18)20)30-23(33)22-11-16-10-17(6-9-21(16)41-22)26(27,28)40(36,37)38/h6,9-11,15,18-20,29H,2-5,7-8,12-14H2,1H3,(H,30,33)(H2,36,37,38)/t18-,19-,20-,42?/m0/s1. The van der Waals surface area contributed by atoms with Crippen molar-refractivity contribution in [1.82, 2.24) is 15.1 Å². The molecule has 0 saturated carbocycles. The van der Waals surface area contributed by atoms with Crippen molar-refractivity contribution in [1.29, 1.82) is 4.78 Å². The van der Waals surface area contributed by atoms with Gasteiger partial charge < -0.3 is 24.9 Å². The predicted molar refractivity (Wildman–Crippen MR) is 153 cm³/mol. The predicted octanol–water partition coefficient (Wildman–Crippen LogP) is 3.30. The van der Waals surface area contributed by atoms with Gasteiger partial charge in [0.25, 0.3) is 5.91 Å². The summed E-state index contributed by atoms with van der Waals surface area (Å²) < 4.78 is 59.6. The number of likely N-dealkylation sites (tertiary alicyclic amines) is 1. The molecule has 1 unspecified atom stereocenters. The monoisotopic (exact) mass is 646 g/mol. The van der Waals surface area contributed by atoms with Crippen molar-refractivity contribution < 1.29 is 41.7 Å². The number of hydrogen-bond donors (Lipinski definition) is 4. The van der Waals surface area contributed by atoms with E-state index in [9.17, 15) is 31.9 Å². The van der Waals surface area contributed by atoms with Crippen molar-refractivity contribution in [2.24, 2.45) is 5.92 Å². The molecular weight excluding hydrogens is 613 g/mol. The molecule has 230 valence electrons. The van der Waals surface area contributed by atoms with E-state index < -0.39 is 46.5 Å². The van der Waals surface area contributed by atoms with Gasteiger partial charge in [0.1, 0.15) is 12.1 Å². The van der Waals surface area contributed by atoms with E-state index in [1.807, 2.05) is 0 Å². The molecule has 3 fully saturated rings. The van der Waals surface area contributed by atoms with E-state index in [0.717, 1.165) is 36.3 Å². The molecule has 16 heteroatoms. The molecule has 4 N–H and O–H groups in total. The Bertz CT molecular complexity index is 1570. The minimum absolute atomic E-state index is 0.00312. The number of alkyl halides is 2. The Labute approximate surface area is 245 Å². The highest BCUT2D eigenvalue weighted by Crippen LogP contribution is 2.59. The van der Waals surface area contributed by atoms with Crippen LogP contribution in [0, 0.1) is 10.7 Å². The Morgan fingerprint density at radius 1 is 1.17 bits per heavy atom. The minimum atomic E-state index is -5.76. The third-order valence-electron chi connectivity index (χ3n) is 8.20. The highest BCUT2D eigenvalue weighted by Gasteiger charge is 2.50. The summed E-state index contributed by atoms with van der Waals surface area (Å²) in [6.45, 7) is 0.805. The number of halogens is 2. The fraction of sp³-hybridized carbons (Fsp3) is 0.577. The number of nitrogens with zero attached hydrogens (tertiary/aromatic N) is 2. The van der Waals surface area contributed by atoms with Crippen LogP contribution in [0.4, 0.5) is 8.78 Å². The molecule has 0 aliphatic carbocycles. The molecule has 1 aromatic heterocycles. The van der Waals surface area contributed by atoms with Gasteiger partial charge >= 0.3 is 13.3 Å². The van der Waals surface area contributed by atoms with Gasteiger partial charge in [0.15, 0.2) is 0 Å². The fourth-order valence-corrected chi connectivity index (χ4v) is 8.70. The average molecular weight is 647 g/mol. The lowest BCUT2D eigenvalue weighted by molar-refractivity contribution is -0.150. The Morgan fingerprint density at radius 3 is 2.52 bits per heavy atom. The molecular formula is C26H33F2N4O7PS2. The van der Waals surface area contributed by atoms with E-state index in [1.54, 1.807) is 9.80 Å². The summed E-state index contributed by atoms with van der Waals surface area (Å²) >= 11 is 1.00. The molecule has 3 aliphatic heterocycles. The molecule has 1 aromatic carbocycles. The summed E-state index contributed by atoms with van der Waals surface area (Å²) in [7, 11) is -8.42. The summed E-state index contributed by atoms with van der Waals surface area (Å²) in [4.78, 5) is 61.9. The molecule has 42 heavy (non-hydrogen) atoms. The molecule has 11 nitrogen and oxygen atoms in total. The van der Waals surface area contributed by atoms with Crippen LogP contribution in [0.25, 0.3) is 10.1 Å². The Kier molecular flexibility index (Phi) is 8.29. The summed E-state index contributed by atoms with van der Waals surface area (Å²) in [5, 5.41) is 2.99. The lowest BCUT2D eigenvalue weighted by Gasteiger charge is -2.43. The molecule has 0 bridgehead atoms. The van der Waals surface area contributed by atoms with Gasteiger partial charge in [-0.3, -0.25) is 27.9 Å². The van der Waals surface area contributed by atoms with Crippen LogP contribution >= 0.6 is 18.9 Å². The maximum absolute atomic E-state index is 14.2. The molecule has 5 rings (SSSR count). The van der Waals surface area contributed by atoms with Gasteiger partial charge in [-0.15, -0.1) is 11.3 Å². The summed E-state index contributed by atoms with van der Waals surface area (Å²) in [5.41, 5.74) is -5.25. The maximum Gasteiger partial charge on any atom is 0.399 e. The highest BCUT2D eigenvalue weighted by atomic mass is 32.2. The van der Waals surface area contributed by atoms with Gasteiger partial charge in [0, 0.05) is 57.1 Å². The smallest absolute Gasteiger partial charge is 0.340 e. The molecule has 3 aliphatic rings. The van der Waals surface area contributed by atoms with Crippen LogP contribution in [-0.4, -0.2) is 84.7 Å². The van der Waals surface area contributed by atoms with E-state index in [4.69, 9.17) is 14.6 Å². The first-order valence-electron chi connectivity index (χ1n) is 13.7. The van der Waals surface area contributed by atoms with E-state index in [1.165, 1.54) is 18.4 Å². The van der Waals surface area contributed by atoms with E-state index in [0.29, 0.717) is 43.5 Å². The van der Waals surface area contributed by atoms with Crippen molar-refractivity contribution in [3.05, 3.63) is 34.7 Å². The lowest BCUT2D eigenvalue weighted by Crippen LogP contribution is -2.60. The van der Waals surface area contributed by atoms with Crippen molar-refractivity contribution in [3.8, 4) is 0 Å². The molecule has 4 atom stereocenters. The van der Waals surface area contributed by atoms with Crippen LogP contribution in [0.15, 0.2) is 24.3 Å². The maximum atomic E-state index is 14.2. The van der Waals surface area contributed by atoms with Crippen LogP contribution in [0.2, 0.25) is 0 Å². The summed E-state index contributed by atoms with van der Waals surface area (Å²) in [5.74, 6) is -0.870. The summed E-state index contributed by atoms with van der Waals surface area (Å²) in [6, 6.07) is 2.81. The van der Waals surface area contributed by atoms with Crippen LogP contribution in [-0.2, 0) is 29.5 Å². The molecule has 2 aromatic rings. The average Bonchev–Trinajstić information content (AvgIpc) is 3.48. The number of fused-ring (bicyclic) bond motifs is 2. The van der Waals surface area contributed by atoms with Crippen molar-refractivity contribution >= 4 is 56.5 Å². The lowest BCUT2D eigenvalue weighted by atomic mass is 9.98. The fourth-order valence-electron chi connectivity index (χ4n) is 6.16. The van der Waals surface area contributed by atoms with Gasteiger partial charge in [-0.1, -0.05) is 18.9 Å². The largest absolute Gasteiger partial charge is 0.399 e. The normalized spacial score (nSPS) is 25.4. The number of amides is 3. The third-order valence-corrected chi connectivity index (χ3v) is 11.4. The quantitative estimate of drug-likeness (QED) is 0.335. The Morgan fingerprint density at radius 2 is 1.86 bits per heavy atom. The zero-order valence-electron chi connectivity index (χ0n) is 22.8. The second-order valence-electron chi connectivity index (χ2n) is 11.5. The second-order valence-corrected chi connectivity index (χ2v) is 16.6. The molecule has 0 radical (unpaired) electrons. The van der Waals surface area contributed by atoms with Crippen LogP contribution in [0.1, 0.15) is 53.8 Å². The van der Waals surface area contributed by atoms with Crippen LogP contribution < -0.4 is 5.32 Å². The molecule has 4 heterocycles. The van der Waals surface area contributed by atoms with Crippen LogP contribution in [0.3, 0.4) is 0 Å². The third kappa shape index (κ3) is 6.12. The number of carbonyl (C=O) groups is 3. The van der Waals surface area contributed by atoms with Crippen molar-refractivity contribution in [2.75, 3.05) is 25.1 Å².